The van der Waals surface area contributed by atoms with Crippen molar-refractivity contribution in [2.24, 2.45) is 0 Å². The van der Waals surface area contributed by atoms with E-state index in [9.17, 15) is 4.79 Å². The molecule has 1 N–H and O–H groups in total. The highest BCUT2D eigenvalue weighted by Gasteiger charge is 2.18. The Morgan fingerprint density at radius 3 is 2.58 bits per heavy atom. The monoisotopic (exact) mass is 262 g/mol. The number of rotatable bonds is 1. The number of benzene rings is 1. The molecule has 19 heavy (non-hydrogen) atoms. The molecule has 2 amide bonds. The topological polar surface area (TPSA) is 41.6 Å². The Bertz CT molecular complexity index is 446. The van der Waals surface area contributed by atoms with Crippen LogP contribution in [0.15, 0.2) is 24.3 Å². The van der Waals surface area contributed by atoms with Gasteiger partial charge in [0, 0.05) is 18.8 Å². The highest BCUT2D eigenvalue weighted by molar-refractivity contribution is 5.89. The lowest BCUT2D eigenvalue weighted by Crippen LogP contribution is -2.43. The Morgan fingerprint density at radius 2 is 1.95 bits per heavy atom. The summed E-state index contributed by atoms with van der Waals surface area (Å²) in [6.45, 7) is 9.04. The third-order valence-electron chi connectivity index (χ3n) is 3.28. The van der Waals surface area contributed by atoms with Crippen LogP contribution in [-0.2, 0) is 10.2 Å². The number of morpholine rings is 1. The summed E-state index contributed by atoms with van der Waals surface area (Å²) in [5.41, 5.74) is 2.15. The fourth-order valence-corrected chi connectivity index (χ4v) is 2.03. The van der Waals surface area contributed by atoms with E-state index in [2.05, 4.69) is 32.2 Å². The van der Waals surface area contributed by atoms with Gasteiger partial charge in [-0.2, -0.15) is 0 Å². The second kappa shape index (κ2) is 5.61. The third kappa shape index (κ3) is 3.70. The number of hydrogen-bond acceptors (Lipinski definition) is 2. The number of urea groups is 1. The summed E-state index contributed by atoms with van der Waals surface area (Å²) < 4.78 is 5.24. The standard InChI is InChI=1S/C15H22N2O2/c1-15(2,3)12-5-4-6-13(11-12)16-14(18)17-7-9-19-10-8-17/h4-6,11H,7-10H2,1-3H3,(H,16,18). The Morgan fingerprint density at radius 1 is 1.26 bits per heavy atom. The molecule has 0 bridgehead atoms. The van der Waals surface area contributed by atoms with Gasteiger partial charge in [-0.25, -0.2) is 4.79 Å². The van der Waals surface area contributed by atoms with Crippen molar-refractivity contribution in [2.45, 2.75) is 26.2 Å². The fourth-order valence-electron chi connectivity index (χ4n) is 2.03. The van der Waals surface area contributed by atoms with Crippen molar-refractivity contribution in [2.75, 3.05) is 31.6 Å². The lowest BCUT2D eigenvalue weighted by Gasteiger charge is -2.27. The summed E-state index contributed by atoms with van der Waals surface area (Å²) in [6.07, 6.45) is 0. The van der Waals surface area contributed by atoms with Crippen LogP contribution in [0.3, 0.4) is 0 Å². The molecule has 4 nitrogen and oxygen atoms in total. The molecule has 0 saturated carbocycles. The Hall–Kier alpha value is -1.55. The number of anilines is 1. The molecule has 1 saturated heterocycles. The molecule has 1 fully saturated rings. The van der Waals surface area contributed by atoms with Crippen LogP contribution >= 0.6 is 0 Å². The van der Waals surface area contributed by atoms with E-state index in [4.69, 9.17) is 4.74 Å². The number of carbonyl (C=O) groups excluding carboxylic acids is 1. The summed E-state index contributed by atoms with van der Waals surface area (Å²) in [6, 6.07) is 7.99. The minimum atomic E-state index is -0.0469. The van der Waals surface area contributed by atoms with Crippen LogP contribution in [-0.4, -0.2) is 37.2 Å². The van der Waals surface area contributed by atoms with Gasteiger partial charge in [0.1, 0.15) is 0 Å². The number of nitrogens with zero attached hydrogens (tertiary/aromatic N) is 1. The van der Waals surface area contributed by atoms with Gasteiger partial charge in [-0.15, -0.1) is 0 Å². The van der Waals surface area contributed by atoms with Crippen LogP contribution in [0, 0.1) is 0 Å². The number of hydrogen-bond donors (Lipinski definition) is 1. The van der Waals surface area contributed by atoms with Crippen molar-refractivity contribution in [3.05, 3.63) is 29.8 Å². The molecule has 0 aromatic heterocycles. The van der Waals surface area contributed by atoms with E-state index < -0.39 is 0 Å². The van der Waals surface area contributed by atoms with E-state index in [1.165, 1.54) is 5.56 Å². The number of ether oxygens (including phenoxy) is 1. The van der Waals surface area contributed by atoms with Gasteiger partial charge in [-0.1, -0.05) is 32.9 Å². The lowest BCUT2D eigenvalue weighted by molar-refractivity contribution is 0.0564. The smallest absolute Gasteiger partial charge is 0.321 e. The summed E-state index contributed by atoms with van der Waals surface area (Å²) >= 11 is 0. The predicted molar refractivity (Wildman–Crippen MR) is 76.6 cm³/mol. The van der Waals surface area contributed by atoms with Gasteiger partial charge in [0.05, 0.1) is 13.2 Å². The lowest BCUT2D eigenvalue weighted by atomic mass is 9.87. The molecule has 1 aromatic carbocycles. The van der Waals surface area contributed by atoms with E-state index in [1.54, 1.807) is 4.90 Å². The zero-order valence-corrected chi connectivity index (χ0v) is 11.9. The van der Waals surface area contributed by atoms with Crippen LogP contribution in [0.4, 0.5) is 10.5 Å². The number of amides is 2. The van der Waals surface area contributed by atoms with E-state index >= 15 is 0 Å². The molecule has 1 aromatic rings. The first-order valence-electron chi connectivity index (χ1n) is 6.71. The van der Waals surface area contributed by atoms with E-state index in [1.807, 2.05) is 18.2 Å². The van der Waals surface area contributed by atoms with Crippen LogP contribution in [0.2, 0.25) is 0 Å². The van der Waals surface area contributed by atoms with E-state index in [0.717, 1.165) is 5.69 Å². The molecular formula is C15H22N2O2. The SMILES string of the molecule is CC(C)(C)c1cccc(NC(=O)N2CCOCC2)c1. The molecular weight excluding hydrogens is 240 g/mol. The Labute approximate surface area is 114 Å². The quantitative estimate of drug-likeness (QED) is 0.845. The summed E-state index contributed by atoms with van der Waals surface area (Å²) in [4.78, 5) is 13.9. The molecule has 4 heteroatoms. The molecule has 1 heterocycles. The maximum atomic E-state index is 12.1. The van der Waals surface area contributed by atoms with E-state index in [-0.39, 0.29) is 11.4 Å². The molecule has 104 valence electrons. The average molecular weight is 262 g/mol. The minimum absolute atomic E-state index is 0.0469. The molecule has 1 aliphatic heterocycles. The highest BCUT2D eigenvalue weighted by Crippen LogP contribution is 2.24. The number of carbonyl (C=O) groups is 1. The minimum Gasteiger partial charge on any atom is -0.378 e. The summed E-state index contributed by atoms with van der Waals surface area (Å²) in [5.74, 6) is 0. The first-order valence-corrected chi connectivity index (χ1v) is 6.71. The maximum Gasteiger partial charge on any atom is 0.321 e. The fraction of sp³-hybridized carbons (Fsp3) is 0.533. The molecule has 0 unspecified atom stereocenters. The van der Waals surface area contributed by atoms with Gasteiger partial charge in [-0.3, -0.25) is 0 Å². The van der Waals surface area contributed by atoms with Crippen molar-refractivity contribution < 1.29 is 9.53 Å². The molecule has 1 aliphatic rings. The van der Waals surface area contributed by atoms with Crippen molar-refractivity contribution in [3.63, 3.8) is 0 Å². The van der Waals surface area contributed by atoms with Gasteiger partial charge in [-0.05, 0) is 23.1 Å². The van der Waals surface area contributed by atoms with Crippen molar-refractivity contribution in [1.29, 1.82) is 0 Å². The Kier molecular flexibility index (Phi) is 4.10. The second-order valence-corrected chi connectivity index (χ2v) is 5.86. The zero-order valence-electron chi connectivity index (χ0n) is 11.9. The van der Waals surface area contributed by atoms with Gasteiger partial charge in [0.25, 0.3) is 0 Å². The molecule has 2 rings (SSSR count). The van der Waals surface area contributed by atoms with Gasteiger partial charge in [0.2, 0.25) is 0 Å². The highest BCUT2D eigenvalue weighted by atomic mass is 16.5. The maximum absolute atomic E-state index is 12.1. The second-order valence-electron chi connectivity index (χ2n) is 5.86. The van der Waals surface area contributed by atoms with Gasteiger partial charge < -0.3 is 15.0 Å². The molecule has 0 aliphatic carbocycles. The molecule has 0 spiro atoms. The summed E-state index contributed by atoms with van der Waals surface area (Å²) in [5, 5.41) is 2.96. The van der Waals surface area contributed by atoms with Crippen molar-refractivity contribution >= 4 is 11.7 Å². The Balaban J connectivity index is 2.04. The van der Waals surface area contributed by atoms with Crippen molar-refractivity contribution in [1.82, 2.24) is 4.90 Å². The van der Waals surface area contributed by atoms with Gasteiger partial charge in [0.15, 0.2) is 0 Å². The zero-order chi connectivity index (χ0) is 13.9. The molecule has 0 radical (unpaired) electrons. The number of nitrogens with one attached hydrogen (secondary N) is 1. The van der Waals surface area contributed by atoms with Crippen LogP contribution in [0.1, 0.15) is 26.3 Å². The first kappa shape index (κ1) is 13.9. The van der Waals surface area contributed by atoms with Crippen LogP contribution < -0.4 is 5.32 Å². The third-order valence-corrected chi connectivity index (χ3v) is 3.28. The predicted octanol–water partition coefficient (Wildman–Crippen LogP) is 2.85. The first-order chi connectivity index (χ1) is 8.97. The van der Waals surface area contributed by atoms with E-state index in [0.29, 0.717) is 26.3 Å². The van der Waals surface area contributed by atoms with Crippen LogP contribution in [0.25, 0.3) is 0 Å². The van der Waals surface area contributed by atoms with Gasteiger partial charge >= 0.3 is 6.03 Å². The average Bonchev–Trinajstić information content (AvgIpc) is 2.39. The largest absolute Gasteiger partial charge is 0.378 e. The van der Waals surface area contributed by atoms with Crippen LogP contribution in [0.5, 0.6) is 0 Å². The van der Waals surface area contributed by atoms with Crippen molar-refractivity contribution in [3.8, 4) is 0 Å². The summed E-state index contributed by atoms with van der Waals surface area (Å²) in [7, 11) is 0. The normalized spacial score (nSPS) is 16.3. The molecule has 0 atom stereocenters.